The summed E-state index contributed by atoms with van der Waals surface area (Å²) in [5.74, 6) is 0.0752. The van der Waals surface area contributed by atoms with Crippen molar-refractivity contribution < 1.29 is 19.1 Å². The minimum atomic E-state index is -0.603. The number of amides is 2. The second kappa shape index (κ2) is 7.63. The molecule has 2 aromatic rings. The predicted octanol–water partition coefficient (Wildman–Crippen LogP) is 2.27. The first-order valence-electron chi connectivity index (χ1n) is 10.2. The Labute approximate surface area is 170 Å². The van der Waals surface area contributed by atoms with Gasteiger partial charge in [0.2, 0.25) is 11.8 Å². The van der Waals surface area contributed by atoms with Gasteiger partial charge < -0.3 is 19.7 Å². The Morgan fingerprint density at radius 3 is 2.72 bits per heavy atom. The number of piperidine rings is 1. The van der Waals surface area contributed by atoms with Gasteiger partial charge in [-0.3, -0.25) is 9.59 Å². The average Bonchev–Trinajstić information content (AvgIpc) is 3.30. The molecule has 1 aromatic carbocycles. The fourth-order valence-electron chi connectivity index (χ4n) is 4.72. The van der Waals surface area contributed by atoms with E-state index in [0.29, 0.717) is 24.5 Å². The van der Waals surface area contributed by atoms with Crippen LogP contribution in [0.25, 0.3) is 0 Å². The van der Waals surface area contributed by atoms with E-state index in [2.05, 4.69) is 34.6 Å². The van der Waals surface area contributed by atoms with Crippen molar-refractivity contribution in [1.82, 2.24) is 15.2 Å². The number of aliphatic hydroxyl groups is 1. The Morgan fingerprint density at radius 2 is 2.00 bits per heavy atom. The zero-order chi connectivity index (χ0) is 20.6. The third-order valence-electron chi connectivity index (χ3n) is 6.38. The summed E-state index contributed by atoms with van der Waals surface area (Å²) >= 11 is 0. The van der Waals surface area contributed by atoms with Crippen LogP contribution in [0.4, 0.5) is 0 Å². The lowest BCUT2D eigenvalue weighted by Gasteiger charge is -2.40. The number of aromatic nitrogens is 1. The molecule has 0 radical (unpaired) electrons. The standard InChI is InChI=1S/C22H27N3O4/c1-14(23-18(27)13-26)20-24-19(15(2)29-20)21(28)25-11-9-22(10-12-25)8-7-16-5-3-4-6-17(16)22/h3-6,14,26H,7-13H2,1-2H3,(H,23,27)/t14-/m0/s1. The fraction of sp³-hybridized carbons (Fsp3) is 0.500. The molecule has 154 valence electrons. The lowest BCUT2D eigenvalue weighted by molar-refractivity contribution is -0.124. The highest BCUT2D eigenvalue weighted by molar-refractivity contribution is 5.93. The molecule has 2 amide bonds. The largest absolute Gasteiger partial charge is 0.443 e. The van der Waals surface area contributed by atoms with Crippen molar-refractivity contribution in [2.75, 3.05) is 19.7 Å². The molecule has 2 aliphatic rings. The summed E-state index contributed by atoms with van der Waals surface area (Å²) in [4.78, 5) is 30.6. The van der Waals surface area contributed by atoms with Crippen LogP contribution in [0.2, 0.25) is 0 Å². The number of aliphatic hydroxyl groups excluding tert-OH is 1. The number of likely N-dealkylation sites (tertiary alicyclic amines) is 1. The first-order valence-corrected chi connectivity index (χ1v) is 10.2. The smallest absolute Gasteiger partial charge is 0.276 e. The average molecular weight is 397 g/mol. The molecule has 7 nitrogen and oxygen atoms in total. The van der Waals surface area contributed by atoms with Crippen molar-refractivity contribution >= 4 is 11.8 Å². The van der Waals surface area contributed by atoms with Crippen LogP contribution >= 0.6 is 0 Å². The number of hydrogen-bond acceptors (Lipinski definition) is 5. The van der Waals surface area contributed by atoms with Crippen LogP contribution in [-0.2, 0) is 16.6 Å². The van der Waals surface area contributed by atoms with Crippen LogP contribution < -0.4 is 5.32 Å². The third-order valence-corrected chi connectivity index (χ3v) is 6.38. The number of aryl methyl sites for hydroxylation is 2. The van der Waals surface area contributed by atoms with Crippen LogP contribution in [0.1, 0.15) is 65.5 Å². The number of carbonyl (C=O) groups excluding carboxylic acids is 2. The lowest BCUT2D eigenvalue weighted by Crippen LogP contribution is -2.44. The Morgan fingerprint density at radius 1 is 1.28 bits per heavy atom. The molecule has 1 aliphatic carbocycles. The minimum Gasteiger partial charge on any atom is -0.443 e. The quantitative estimate of drug-likeness (QED) is 0.825. The van der Waals surface area contributed by atoms with Crippen molar-refractivity contribution in [1.29, 1.82) is 0 Å². The Balaban J connectivity index is 1.45. The highest BCUT2D eigenvalue weighted by atomic mass is 16.4. The Kier molecular flexibility index (Phi) is 5.17. The maximum atomic E-state index is 13.1. The van der Waals surface area contributed by atoms with Crippen molar-refractivity contribution in [3.8, 4) is 0 Å². The second-order valence-electron chi connectivity index (χ2n) is 8.13. The molecule has 1 spiro atoms. The van der Waals surface area contributed by atoms with Gasteiger partial charge in [0.05, 0.1) is 0 Å². The topological polar surface area (TPSA) is 95.7 Å². The summed E-state index contributed by atoms with van der Waals surface area (Å²) in [7, 11) is 0. The van der Waals surface area contributed by atoms with Crippen LogP contribution in [0.15, 0.2) is 28.7 Å². The fourth-order valence-corrected chi connectivity index (χ4v) is 4.72. The molecular weight excluding hydrogens is 370 g/mol. The van der Waals surface area contributed by atoms with Crippen LogP contribution in [0, 0.1) is 6.92 Å². The molecule has 0 unspecified atom stereocenters. The van der Waals surface area contributed by atoms with E-state index < -0.39 is 18.6 Å². The molecule has 2 heterocycles. The molecule has 0 saturated carbocycles. The SMILES string of the molecule is Cc1oc([C@H](C)NC(=O)CO)nc1C(=O)N1CCC2(CCc3ccccc32)CC1. The van der Waals surface area contributed by atoms with Crippen LogP contribution in [0.3, 0.4) is 0 Å². The maximum Gasteiger partial charge on any atom is 0.276 e. The summed E-state index contributed by atoms with van der Waals surface area (Å²) in [5, 5.41) is 11.5. The van der Waals surface area contributed by atoms with Gasteiger partial charge in [-0.1, -0.05) is 24.3 Å². The van der Waals surface area contributed by atoms with Gasteiger partial charge in [-0.05, 0) is 56.1 Å². The predicted molar refractivity (Wildman–Crippen MR) is 106 cm³/mol. The van der Waals surface area contributed by atoms with E-state index in [1.54, 1.807) is 13.8 Å². The number of rotatable bonds is 4. The van der Waals surface area contributed by atoms with Crippen molar-refractivity contribution in [2.24, 2.45) is 0 Å². The molecule has 7 heteroatoms. The summed E-state index contributed by atoms with van der Waals surface area (Å²) in [6, 6.07) is 8.16. The molecule has 1 fully saturated rings. The van der Waals surface area contributed by atoms with Crippen molar-refractivity contribution in [2.45, 2.75) is 51.0 Å². The van der Waals surface area contributed by atoms with Gasteiger partial charge in [-0.2, -0.15) is 0 Å². The van der Waals surface area contributed by atoms with E-state index in [1.807, 2.05) is 4.90 Å². The van der Waals surface area contributed by atoms with E-state index in [-0.39, 0.29) is 17.2 Å². The van der Waals surface area contributed by atoms with E-state index >= 15 is 0 Å². The summed E-state index contributed by atoms with van der Waals surface area (Å²) < 4.78 is 5.62. The van der Waals surface area contributed by atoms with Gasteiger partial charge in [-0.25, -0.2) is 4.98 Å². The molecule has 2 N–H and O–H groups in total. The number of fused-ring (bicyclic) bond motifs is 2. The summed E-state index contributed by atoms with van der Waals surface area (Å²) in [5.41, 5.74) is 3.40. The minimum absolute atomic E-state index is 0.126. The molecule has 1 aromatic heterocycles. The number of hydrogen-bond donors (Lipinski definition) is 2. The van der Waals surface area contributed by atoms with Gasteiger partial charge >= 0.3 is 0 Å². The molecule has 4 rings (SSSR count). The highest BCUT2D eigenvalue weighted by Crippen LogP contribution is 2.46. The summed E-state index contributed by atoms with van der Waals surface area (Å²) in [6.45, 7) is 4.21. The van der Waals surface area contributed by atoms with Crippen molar-refractivity contribution in [3.63, 3.8) is 0 Å². The van der Waals surface area contributed by atoms with Gasteiger partial charge in [0.25, 0.3) is 5.91 Å². The maximum absolute atomic E-state index is 13.1. The third kappa shape index (κ3) is 3.55. The van der Waals surface area contributed by atoms with Crippen LogP contribution in [0.5, 0.6) is 0 Å². The molecule has 0 bridgehead atoms. The number of nitrogens with zero attached hydrogens (tertiary/aromatic N) is 2. The monoisotopic (exact) mass is 397 g/mol. The van der Waals surface area contributed by atoms with Gasteiger partial charge in [0, 0.05) is 13.1 Å². The van der Waals surface area contributed by atoms with E-state index in [9.17, 15) is 9.59 Å². The molecule has 1 aliphatic heterocycles. The van der Waals surface area contributed by atoms with Crippen LogP contribution in [-0.4, -0.2) is 46.5 Å². The zero-order valence-corrected chi connectivity index (χ0v) is 16.9. The zero-order valence-electron chi connectivity index (χ0n) is 16.9. The van der Waals surface area contributed by atoms with Gasteiger partial charge in [-0.15, -0.1) is 0 Å². The first-order chi connectivity index (χ1) is 13.9. The van der Waals surface area contributed by atoms with E-state index in [0.717, 1.165) is 25.7 Å². The normalized spacial score (nSPS) is 18.5. The molecule has 29 heavy (non-hydrogen) atoms. The molecule has 1 atom stereocenters. The van der Waals surface area contributed by atoms with Crippen molar-refractivity contribution in [3.05, 3.63) is 52.7 Å². The highest BCUT2D eigenvalue weighted by Gasteiger charge is 2.42. The lowest BCUT2D eigenvalue weighted by atomic mass is 9.74. The second-order valence-corrected chi connectivity index (χ2v) is 8.13. The Bertz CT molecular complexity index is 928. The van der Waals surface area contributed by atoms with Gasteiger partial charge in [0.15, 0.2) is 5.69 Å². The first kappa shape index (κ1) is 19.6. The summed E-state index contributed by atoms with van der Waals surface area (Å²) in [6.07, 6.45) is 4.20. The van der Waals surface area contributed by atoms with Gasteiger partial charge in [0.1, 0.15) is 18.4 Å². The number of carbonyl (C=O) groups is 2. The van der Waals surface area contributed by atoms with E-state index in [1.165, 1.54) is 11.1 Å². The number of benzene rings is 1. The number of oxazole rings is 1. The number of nitrogens with one attached hydrogen (secondary N) is 1. The van der Waals surface area contributed by atoms with E-state index in [4.69, 9.17) is 9.52 Å². The molecular formula is C22H27N3O4. The molecule has 1 saturated heterocycles. The Hall–Kier alpha value is -2.67.